The highest BCUT2D eigenvalue weighted by atomic mass is 32.2. The van der Waals surface area contributed by atoms with Crippen molar-refractivity contribution in [3.05, 3.63) is 29.8 Å². The average Bonchev–Trinajstić information content (AvgIpc) is 2.77. The number of sulfone groups is 1. The molecule has 1 aliphatic rings. The Kier molecular flexibility index (Phi) is 4.88. The summed E-state index contributed by atoms with van der Waals surface area (Å²) in [6.45, 7) is 0. The maximum absolute atomic E-state index is 12.3. The van der Waals surface area contributed by atoms with E-state index < -0.39 is 15.6 Å². The van der Waals surface area contributed by atoms with Crippen LogP contribution in [0.15, 0.2) is 29.2 Å². The predicted molar refractivity (Wildman–Crippen MR) is 77.5 cm³/mol. The lowest BCUT2D eigenvalue weighted by Gasteiger charge is -2.23. The SMILES string of the molecule is CN(C(=O)c1ccc(SC(F)F)cc1)C1CCS(=O)(=O)C1. The monoisotopic (exact) mass is 335 g/mol. The lowest BCUT2D eigenvalue weighted by Crippen LogP contribution is -2.37. The second-order valence-corrected chi connectivity index (χ2v) is 8.17. The predicted octanol–water partition coefficient (Wildman–Crippen LogP) is 2.26. The molecule has 0 aliphatic carbocycles. The Labute approximate surface area is 126 Å². The van der Waals surface area contributed by atoms with Crippen molar-refractivity contribution < 1.29 is 22.0 Å². The summed E-state index contributed by atoms with van der Waals surface area (Å²) in [4.78, 5) is 14.1. The fraction of sp³-hybridized carbons (Fsp3) is 0.462. The van der Waals surface area contributed by atoms with Crippen LogP contribution in [0.1, 0.15) is 16.8 Å². The molecule has 116 valence electrons. The van der Waals surface area contributed by atoms with Gasteiger partial charge in [0.2, 0.25) is 0 Å². The molecule has 1 aromatic rings. The molecule has 0 radical (unpaired) electrons. The van der Waals surface area contributed by atoms with Gasteiger partial charge in [-0.2, -0.15) is 8.78 Å². The van der Waals surface area contributed by atoms with E-state index in [0.717, 1.165) is 0 Å². The molecule has 1 heterocycles. The standard InChI is InChI=1S/C13H15F2NO3S2/c1-16(10-6-7-21(18,19)8-10)12(17)9-2-4-11(5-3-9)20-13(14)15/h2-5,10,13H,6-8H2,1H3. The number of carbonyl (C=O) groups is 1. The number of rotatable bonds is 4. The summed E-state index contributed by atoms with van der Waals surface area (Å²) < 4.78 is 47.3. The fourth-order valence-corrected chi connectivity index (χ4v) is 4.50. The number of amides is 1. The highest BCUT2D eigenvalue weighted by Gasteiger charge is 2.32. The van der Waals surface area contributed by atoms with Crippen LogP contribution in [0.3, 0.4) is 0 Å². The first-order valence-corrected chi connectivity index (χ1v) is 9.01. The van der Waals surface area contributed by atoms with Gasteiger partial charge in [-0.3, -0.25) is 4.79 Å². The van der Waals surface area contributed by atoms with E-state index in [-0.39, 0.29) is 23.5 Å². The minimum Gasteiger partial charge on any atom is -0.338 e. The van der Waals surface area contributed by atoms with Gasteiger partial charge in [-0.1, -0.05) is 11.8 Å². The molecule has 0 spiro atoms. The molecule has 0 N–H and O–H groups in total. The van der Waals surface area contributed by atoms with Gasteiger partial charge >= 0.3 is 0 Å². The van der Waals surface area contributed by atoms with Crippen LogP contribution in [0.4, 0.5) is 8.78 Å². The summed E-state index contributed by atoms with van der Waals surface area (Å²) in [5.74, 6) is -2.73. The highest BCUT2D eigenvalue weighted by molar-refractivity contribution is 7.99. The van der Waals surface area contributed by atoms with Crippen LogP contribution < -0.4 is 0 Å². The zero-order valence-electron chi connectivity index (χ0n) is 11.3. The van der Waals surface area contributed by atoms with E-state index in [2.05, 4.69) is 0 Å². The van der Waals surface area contributed by atoms with Crippen molar-refractivity contribution in [3.63, 3.8) is 0 Å². The van der Waals surface area contributed by atoms with E-state index in [0.29, 0.717) is 28.6 Å². The van der Waals surface area contributed by atoms with Gasteiger partial charge in [-0.05, 0) is 30.7 Å². The topological polar surface area (TPSA) is 54.5 Å². The fourth-order valence-electron chi connectivity index (χ4n) is 2.23. The van der Waals surface area contributed by atoms with Crippen LogP contribution >= 0.6 is 11.8 Å². The molecule has 1 aromatic carbocycles. The Morgan fingerprint density at radius 1 is 1.33 bits per heavy atom. The summed E-state index contributed by atoms with van der Waals surface area (Å²) in [6.07, 6.45) is 0.434. The van der Waals surface area contributed by atoms with Gasteiger partial charge in [0, 0.05) is 23.5 Å². The van der Waals surface area contributed by atoms with E-state index in [4.69, 9.17) is 0 Å². The van der Waals surface area contributed by atoms with E-state index in [1.54, 1.807) is 7.05 Å². The first kappa shape index (κ1) is 16.2. The molecule has 2 rings (SSSR count). The Balaban J connectivity index is 2.06. The molecular weight excluding hydrogens is 320 g/mol. The normalized spacial score (nSPS) is 20.7. The van der Waals surface area contributed by atoms with Crippen LogP contribution in [0, 0.1) is 0 Å². The van der Waals surface area contributed by atoms with E-state index in [1.807, 2.05) is 0 Å². The van der Waals surface area contributed by atoms with Crippen molar-refractivity contribution in [3.8, 4) is 0 Å². The Morgan fingerprint density at radius 2 is 1.95 bits per heavy atom. The summed E-state index contributed by atoms with van der Waals surface area (Å²) in [5, 5.41) is 0. The first-order chi connectivity index (χ1) is 9.78. The molecule has 0 saturated carbocycles. The van der Waals surface area contributed by atoms with Crippen LogP contribution in [0.25, 0.3) is 0 Å². The number of benzene rings is 1. The van der Waals surface area contributed by atoms with Crippen LogP contribution in [0.2, 0.25) is 0 Å². The van der Waals surface area contributed by atoms with Crippen molar-refractivity contribution in [1.29, 1.82) is 0 Å². The lowest BCUT2D eigenvalue weighted by molar-refractivity contribution is 0.0747. The number of carbonyl (C=O) groups excluding carboxylic acids is 1. The van der Waals surface area contributed by atoms with Crippen molar-refractivity contribution in [2.75, 3.05) is 18.6 Å². The molecule has 0 bridgehead atoms. The minimum absolute atomic E-state index is 0.0193. The second-order valence-electron chi connectivity index (χ2n) is 4.88. The number of halogens is 2. The minimum atomic E-state index is -3.06. The maximum Gasteiger partial charge on any atom is 0.288 e. The Morgan fingerprint density at radius 3 is 2.43 bits per heavy atom. The number of nitrogens with zero attached hydrogens (tertiary/aromatic N) is 1. The summed E-state index contributed by atoms with van der Waals surface area (Å²) in [7, 11) is -1.49. The second kappa shape index (κ2) is 6.31. The third kappa shape index (κ3) is 4.16. The Bertz CT molecular complexity index is 617. The van der Waals surface area contributed by atoms with E-state index >= 15 is 0 Å². The van der Waals surface area contributed by atoms with Gasteiger partial charge in [0.05, 0.1) is 11.5 Å². The zero-order chi connectivity index (χ0) is 15.6. The molecule has 8 heteroatoms. The maximum atomic E-state index is 12.3. The molecule has 1 amide bonds. The van der Waals surface area contributed by atoms with Gasteiger partial charge in [-0.25, -0.2) is 8.42 Å². The van der Waals surface area contributed by atoms with Gasteiger partial charge in [-0.15, -0.1) is 0 Å². The number of hydrogen-bond acceptors (Lipinski definition) is 4. The zero-order valence-corrected chi connectivity index (χ0v) is 13.0. The summed E-state index contributed by atoms with van der Waals surface area (Å²) >= 11 is 0.415. The Hall–Kier alpha value is -1.15. The van der Waals surface area contributed by atoms with Crippen LogP contribution in [0.5, 0.6) is 0 Å². The highest BCUT2D eigenvalue weighted by Crippen LogP contribution is 2.26. The molecule has 1 fully saturated rings. The third-order valence-electron chi connectivity index (χ3n) is 3.40. The summed E-state index contributed by atoms with van der Waals surface area (Å²) in [5.41, 5.74) is 0.361. The smallest absolute Gasteiger partial charge is 0.288 e. The molecule has 1 atom stereocenters. The van der Waals surface area contributed by atoms with Crippen LogP contribution in [-0.4, -0.2) is 49.6 Å². The number of hydrogen-bond donors (Lipinski definition) is 0. The molecule has 1 saturated heterocycles. The van der Waals surface area contributed by atoms with Gasteiger partial charge in [0.1, 0.15) is 0 Å². The molecule has 1 aliphatic heterocycles. The molecular formula is C13H15F2NO3S2. The molecule has 0 aromatic heterocycles. The van der Waals surface area contributed by atoms with Crippen LogP contribution in [-0.2, 0) is 9.84 Å². The van der Waals surface area contributed by atoms with E-state index in [9.17, 15) is 22.0 Å². The molecule has 21 heavy (non-hydrogen) atoms. The largest absolute Gasteiger partial charge is 0.338 e. The third-order valence-corrected chi connectivity index (χ3v) is 5.88. The quantitative estimate of drug-likeness (QED) is 0.792. The van der Waals surface area contributed by atoms with Gasteiger partial charge in [0.25, 0.3) is 11.7 Å². The first-order valence-electron chi connectivity index (χ1n) is 6.31. The number of thioether (sulfide) groups is 1. The molecule has 1 unspecified atom stereocenters. The molecule has 4 nitrogen and oxygen atoms in total. The van der Waals surface area contributed by atoms with Gasteiger partial charge < -0.3 is 4.90 Å². The lowest BCUT2D eigenvalue weighted by atomic mass is 10.1. The van der Waals surface area contributed by atoms with Crippen molar-refractivity contribution >= 4 is 27.5 Å². The number of alkyl halides is 2. The van der Waals surface area contributed by atoms with Crippen molar-refractivity contribution in [2.45, 2.75) is 23.1 Å². The summed E-state index contributed by atoms with van der Waals surface area (Å²) in [6, 6.07) is 5.56. The van der Waals surface area contributed by atoms with Crippen molar-refractivity contribution in [1.82, 2.24) is 4.90 Å². The van der Waals surface area contributed by atoms with Crippen molar-refractivity contribution in [2.24, 2.45) is 0 Å². The average molecular weight is 335 g/mol. The van der Waals surface area contributed by atoms with Gasteiger partial charge in [0.15, 0.2) is 9.84 Å². The van der Waals surface area contributed by atoms with E-state index in [1.165, 1.54) is 29.2 Å².